The van der Waals surface area contributed by atoms with E-state index in [1.54, 1.807) is 12.3 Å². The third-order valence-corrected chi connectivity index (χ3v) is 9.39. The van der Waals surface area contributed by atoms with Crippen molar-refractivity contribution in [2.45, 2.75) is 70.9 Å². The Hall–Kier alpha value is -2.39. The third kappa shape index (κ3) is 5.62. The molecule has 0 bridgehead atoms. The number of hydrogen-bond acceptors (Lipinski definition) is 7. The van der Waals surface area contributed by atoms with E-state index in [1.807, 2.05) is 29.6 Å². The molecule has 36 heavy (non-hydrogen) atoms. The summed E-state index contributed by atoms with van der Waals surface area (Å²) in [4.78, 5) is 21.8. The zero-order chi connectivity index (χ0) is 25.1. The molecular formula is C28H34N4O2S2. The van der Waals surface area contributed by atoms with Crippen molar-refractivity contribution in [2.24, 2.45) is 5.73 Å². The van der Waals surface area contributed by atoms with E-state index in [-0.39, 0.29) is 23.7 Å². The largest absolute Gasteiger partial charge is 0.381 e. The van der Waals surface area contributed by atoms with Gasteiger partial charge in [-0.2, -0.15) is 0 Å². The van der Waals surface area contributed by atoms with E-state index < -0.39 is 0 Å². The quantitative estimate of drug-likeness (QED) is 0.266. The number of ether oxygens (including phenoxy) is 1. The molecule has 2 aliphatic rings. The number of nitrogens with two attached hydrogens (primary N) is 1. The minimum Gasteiger partial charge on any atom is -0.381 e. The van der Waals surface area contributed by atoms with Gasteiger partial charge in [-0.3, -0.25) is 4.79 Å². The molecule has 1 aromatic heterocycles. The minimum atomic E-state index is -0.0809. The van der Waals surface area contributed by atoms with Crippen LogP contribution in [0.4, 0.5) is 11.4 Å². The summed E-state index contributed by atoms with van der Waals surface area (Å²) < 4.78 is 6.25. The second kappa shape index (κ2) is 11.3. The van der Waals surface area contributed by atoms with Crippen molar-refractivity contribution < 1.29 is 4.74 Å². The third-order valence-electron chi connectivity index (χ3n) is 6.78. The lowest BCUT2D eigenvalue weighted by molar-refractivity contribution is 0.0379. The van der Waals surface area contributed by atoms with Crippen LogP contribution in [0.3, 0.4) is 0 Å². The summed E-state index contributed by atoms with van der Waals surface area (Å²) in [6.07, 6.45) is 5.09. The molecule has 2 aliphatic heterocycles. The van der Waals surface area contributed by atoms with Gasteiger partial charge in [0.15, 0.2) is 0 Å². The normalized spacial score (nSPS) is 18.8. The molecule has 6 nitrogen and oxygen atoms in total. The highest BCUT2D eigenvalue weighted by atomic mass is 32.2. The number of benzene rings is 2. The van der Waals surface area contributed by atoms with Gasteiger partial charge < -0.3 is 25.7 Å². The first-order chi connectivity index (χ1) is 17.5. The number of aromatic nitrogens is 1. The lowest BCUT2D eigenvalue weighted by atomic mass is 10.0. The predicted octanol–water partition coefficient (Wildman–Crippen LogP) is 5.89. The number of morpholine rings is 1. The number of H-pyrrole nitrogens is 1. The van der Waals surface area contributed by atoms with Crippen LogP contribution in [0, 0.1) is 0 Å². The molecule has 0 radical (unpaired) electrons. The summed E-state index contributed by atoms with van der Waals surface area (Å²) in [6.45, 7) is 6.42. The maximum Gasteiger partial charge on any atom is 0.249 e. The maximum absolute atomic E-state index is 11.8. The average molecular weight is 523 g/mol. The van der Waals surface area contributed by atoms with Gasteiger partial charge in [-0.05, 0) is 49.2 Å². The van der Waals surface area contributed by atoms with E-state index in [2.05, 4.69) is 65.4 Å². The molecule has 0 aliphatic carbocycles. The Balaban J connectivity index is 1.35. The summed E-state index contributed by atoms with van der Waals surface area (Å²) >= 11 is 3.64. The highest BCUT2D eigenvalue weighted by molar-refractivity contribution is 8.05. The minimum absolute atomic E-state index is 0.0473. The summed E-state index contributed by atoms with van der Waals surface area (Å²) in [6, 6.07) is 17.1. The van der Waals surface area contributed by atoms with E-state index in [0.29, 0.717) is 6.61 Å². The van der Waals surface area contributed by atoms with Gasteiger partial charge in [0, 0.05) is 68.4 Å². The molecule has 190 valence electrons. The fourth-order valence-corrected chi connectivity index (χ4v) is 7.22. The summed E-state index contributed by atoms with van der Waals surface area (Å²) in [5.41, 5.74) is 9.46. The van der Waals surface area contributed by atoms with Crippen LogP contribution in [-0.4, -0.2) is 36.8 Å². The molecule has 0 amide bonds. The molecule has 0 saturated carbocycles. The van der Waals surface area contributed by atoms with Gasteiger partial charge in [0.25, 0.3) is 0 Å². The summed E-state index contributed by atoms with van der Waals surface area (Å²) in [7, 11) is 0. The maximum atomic E-state index is 11.8. The number of anilines is 2. The van der Waals surface area contributed by atoms with E-state index in [4.69, 9.17) is 10.5 Å². The van der Waals surface area contributed by atoms with Gasteiger partial charge in [0.05, 0.1) is 6.61 Å². The lowest BCUT2D eigenvalue weighted by Crippen LogP contribution is -2.39. The highest BCUT2D eigenvalue weighted by Gasteiger charge is 2.28. The zero-order valence-electron chi connectivity index (χ0n) is 20.8. The number of aromatic amines is 1. The van der Waals surface area contributed by atoms with Crippen LogP contribution < -0.4 is 21.5 Å². The van der Waals surface area contributed by atoms with Gasteiger partial charge in [-0.1, -0.05) is 55.4 Å². The standard InChI is InChI=1S/C28H34N4O2S2/c1-3-4-7-22(18(2)29)31-19-9-10-24-26(15-19)35-25-8-5-6-21(28(25)36-24)23-17-32(13-14-34-23)20-11-12-30-27(33)16-20/h5-6,8-12,15-16,18,22-23,31H,3-4,7,13-14,17,29H2,1-2H3,(H,30,33)/t18-,22?,23?/m0/s1. The number of unbranched alkanes of at least 4 members (excludes halogenated alkanes) is 1. The Morgan fingerprint density at radius 3 is 2.86 bits per heavy atom. The van der Waals surface area contributed by atoms with Crippen molar-refractivity contribution >= 4 is 34.9 Å². The Kier molecular flexibility index (Phi) is 7.96. The molecule has 1 fully saturated rings. The predicted molar refractivity (Wildman–Crippen MR) is 150 cm³/mol. The molecule has 4 N–H and O–H groups in total. The Morgan fingerprint density at radius 2 is 2.06 bits per heavy atom. The SMILES string of the molecule is CCCCC(Nc1ccc2c(c1)Sc1cccc(C3CN(c4cc[nH]c(=O)c4)CCO3)c1S2)[C@H](C)N. The number of fused-ring (bicyclic) bond motifs is 2. The summed E-state index contributed by atoms with van der Waals surface area (Å²) in [5, 5.41) is 3.68. The van der Waals surface area contributed by atoms with Gasteiger partial charge in [0.1, 0.15) is 6.10 Å². The number of pyridine rings is 1. The van der Waals surface area contributed by atoms with Crippen LogP contribution >= 0.6 is 23.5 Å². The van der Waals surface area contributed by atoms with E-state index in [1.165, 1.54) is 38.0 Å². The molecular weight excluding hydrogens is 488 g/mol. The Labute approximate surface area is 221 Å². The zero-order valence-corrected chi connectivity index (χ0v) is 22.5. The highest BCUT2D eigenvalue weighted by Crippen LogP contribution is 2.51. The monoisotopic (exact) mass is 522 g/mol. The van der Waals surface area contributed by atoms with Gasteiger partial charge in [-0.25, -0.2) is 0 Å². The van der Waals surface area contributed by atoms with Gasteiger partial charge in [-0.15, -0.1) is 0 Å². The first-order valence-corrected chi connectivity index (χ1v) is 14.3. The summed E-state index contributed by atoms with van der Waals surface area (Å²) in [5.74, 6) is 0. The average Bonchev–Trinajstić information content (AvgIpc) is 2.89. The van der Waals surface area contributed by atoms with Crippen molar-refractivity contribution in [1.82, 2.24) is 4.98 Å². The van der Waals surface area contributed by atoms with E-state index >= 15 is 0 Å². The van der Waals surface area contributed by atoms with Gasteiger partial charge in [0.2, 0.25) is 5.56 Å². The van der Waals surface area contributed by atoms with Gasteiger partial charge >= 0.3 is 0 Å². The molecule has 8 heteroatoms. The molecule has 2 unspecified atom stereocenters. The smallest absolute Gasteiger partial charge is 0.249 e. The van der Waals surface area contributed by atoms with Crippen LogP contribution in [0.15, 0.2) is 79.1 Å². The molecule has 3 atom stereocenters. The Morgan fingerprint density at radius 1 is 1.17 bits per heavy atom. The Bertz CT molecular complexity index is 1260. The van der Waals surface area contributed by atoms with E-state index in [0.717, 1.165) is 30.9 Å². The van der Waals surface area contributed by atoms with Crippen molar-refractivity contribution in [2.75, 3.05) is 29.9 Å². The number of rotatable bonds is 8. The van der Waals surface area contributed by atoms with Crippen LogP contribution in [0.2, 0.25) is 0 Å². The van der Waals surface area contributed by atoms with Crippen molar-refractivity contribution in [1.29, 1.82) is 0 Å². The lowest BCUT2D eigenvalue weighted by Gasteiger charge is -2.36. The topological polar surface area (TPSA) is 83.4 Å². The van der Waals surface area contributed by atoms with Crippen LogP contribution in [0.25, 0.3) is 0 Å². The van der Waals surface area contributed by atoms with Crippen LogP contribution in [0.5, 0.6) is 0 Å². The number of hydrogen-bond donors (Lipinski definition) is 3. The second-order valence-corrected chi connectivity index (χ2v) is 11.6. The molecule has 3 aromatic rings. The molecule has 2 aromatic carbocycles. The molecule has 3 heterocycles. The first-order valence-electron chi connectivity index (χ1n) is 12.7. The van der Waals surface area contributed by atoms with E-state index in [9.17, 15) is 4.79 Å². The number of nitrogens with one attached hydrogen (secondary N) is 2. The van der Waals surface area contributed by atoms with Crippen molar-refractivity contribution in [3.05, 3.63) is 70.6 Å². The van der Waals surface area contributed by atoms with Crippen LogP contribution in [0.1, 0.15) is 44.8 Å². The first kappa shape index (κ1) is 25.3. The fraction of sp³-hybridized carbons (Fsp3) is 0.393. The fourth-order valence-electron chi connectivity index (χ4n) is 4.77. The second-order valence-electron chi connectivity index (χ2n) is 9.51. The molecule has 5 rings (SSSR count). The molecule has 1 saturated heterocycles. The molecule has 0 spiro atoms. The van der Waals surface area contributed by atoms with Crippen LogP contribution in [-0.2, 0) is 4.74 Å². The van der Waals surface area contributed by atoms with Crippen molar-refractivity contribution in [3.8, 4) is 0 Å². The van der Waals surface area contributed by atoms with Crippen molar-refractivity contribution in [3.63, 3.8) is 0 Å². The number of nitrogens with zero attached hydrogens (tertiary/aromatic N) is 1.